The second-order valence-corrected chi connectivity index (χ2v) is 5.22. The van der Waals surface area contributed by atoms with E-state index in [9.17, 15) is 5.11 Å². The van der Waals surface area contributed by atoms with Gasteiger partial charge in [-0.25, -0.2) is 9.97 Å². The number of nitrogens with zero attached hydrogens (tertiary/aromatic N) is 3. The molecule has 20 heavy (non-hydrogen) atoms. The number of nitrogens with one attached hydrogen (secondary N) is 1. The van der Waals surface area contributed by atoms with Crippen molar-refractivity contribution in [3.63, 3.8) is 0 Å². The van der Waals surface area contributed by atoms with Crippen molar-refractivity contribution in [2.24, 2.45) is 0 Å². The van der Waals surface area contributed by atoms with Crippen LogP contribution in [-0.2, 0) is 0 Å². The Morgan fingerprint density at radius 1 is 1.20 bits per heavy atom. The van der Waals surface area contributed by atoms with Crippen molar-refractivity contribution in [2.75, 3.05) is 5.32 Å². The minimum atomic E-state index is -0.166. The van der Waals surface area contributed by atoms with E-state index in [2.05, 4.69) is 21.4 Å². The van der Waals surface area contributed by atoms with E-state index < -0.39 is 0 Å². The van der Waals surface area contributed by atoms with E-state index in [0.717, 1.165) is 42.4 Å². The number of hydrogen-bond donors (Lipinski definition) is 2. The Bertz CT molecular complexity index is 656. The highest BCUT2D eigenvalue weighted by molar-refractivity contribution is 5.89. The molecule has 5 nitrogen and oxygen atoms in total. The lowest BCUT2D eigenvalue weighted by atomic mass is 9.93. The van der Waals surface area contributed by atoms with E-state index in [0.29, 0.717) is 11.6 Å². The van der Waals surface area contributed by atoms with Crippen molar-refractivity contribution < 1.29 is 5.11 Å². The van der Waals surface area contributed by atoms with Gasteiger partial charge in [0.05, 0.1) is 23.3 Å². The second kappa shape index (κ2) is 5.43. The Balaban J connectivity index is 1.89. The maximum atomic E-state index is 9.54. The number of nitriles is 1. The van der Waals surface area contributed by atoms with Gasteiger partial charge in [0, 0.05) is 11.4 Å². The normalized spacial score (nSPS) is 22.4. The topological polar surface area (TPSA) is 81.8 Å². The number of rotatable bonds is 2. The minimum Gasteiger partial charge on any atom is -0.393 e. The first-order valence-corrected chi connectivity index (χ1v) is 6.86. The van der Waals surface area contributed by atoms with Crippen LogP contribution in [0.3, 0.4) is 0 Å². The molecule has 0 amide bonds. The van der Waals surface area contributed by atoms with Gasteiger partial charge in [0.1, 0.15) is 12.1 Å². The first kappa shape index (κ1) is 12.8. The van der Waals surface area contributed by atoms with Crippen LogP contribution in [0.15, 0.2) is 24.5 Å². The molecule has 1 aliphatic rings. The zero-order valence-electron chi connectivity index (χ0n) is 11.1. The summed E-state index contributed by atoms with van der Waals surface area (Å²) in [5, 5.41) is 22.8. The van der Waals surface area contributed by atoms with E-state index in [1.165, 1.54) is 6.33 Å². The largest absolute Gasteiger partial charge is 0.393 e. The fourth-order valence-corrected chi connectivity index (χ4v) is 2.65. The maximum absolute atomic E-state index is 9.54. The third kappa shape index (κ3) is 2.56. The molecule has 0 spiro atoms. The molecule has 3 rings (SSSR count). The van der Waals surface area contributed by atoms with E-state index in [1.54, 1.807) is 6.07 Å². The molecule has 0 radical (unpaired) electrons. The number of anilines is 1. The van der Waals surface area contributed by atoms with Crippen LogP contribution in [0.4, 0.5) is 5.82 Å². The molecule has 1 aromatic heterocycles. The fraction of sp³-hybridized carbons (Fsp3) is 0.400. The molecular weight excluding hydrogens is 252 g/mol. The number of hydrogen-bond acceptors (Lipinski definition) is 5. The van der Waals surface area contributed by atoms with Crippen molar-refractivity contribution in [2.45, 2.75) is 37.8 Å². The Kier molecular flexibility index (Phi) is 3.48. The van der Waals surface area contributed by atoms with E-state index in [-0.39, 0.29) is 6.10 Å². The number of fused-ring (bicyclic) bond motifs is 1. The maximum Gasteiger partial charge on any atom is 0.137 e. The van der Waals surface area contributed by atoms with Crippen LogP contribution >= 0.6 is 0 Å². The number of aliphatic hydroxyl groups excluding tert-OH is 1. The highest BCUT2D eigenvalue weighted by Gasteiger charge is 2.20. The highest BCUT2D eigenvalue weighted by Crippen LogP contribution is 2.25. The molecule has 1 fully saturated rings. The summed E-state index contributed by atoms with van der Waals surface area (Å²) in [6.07, 6.45) is 4.89. The van der Waals surface area contributed by atoms with Gasteiger partial charge in [-0.15, -0.1) is 0 Å². The lowest BCUT2D eigenvalue weighted by Crippen LogP contribution is -2.28. The summed E-state index contributed by atoms with van der Waals surface area (Å²) < 4.78 is 0. The number of aliphatic hydroxyl groups is 1. The first-order chi connectivity index (χ1) is 9.76. The van der Waals surface area contributed by atoms with Gasteiger partial charge in [0.15, 0.2) is 0 Å². The summed E-state index contributed by atoms with van der Waals surface area (Å²) in [7, 11) is 0. The van der Waals surface area contributed by atoms with Crippen molar-refractivity contribution in [3.8, 4) is 6.07 Å². The lowest BCUT2D eigenvalue weighted by Gasteiger charge is -2.26. The number of aromatic nitrogens is 2. The predicted molar refractivity (Wildman–Crippen MR) is 76.1 cm³/mol. The van der Waals surface area contributed by atoms with E-state index >= 15 is 0 Å². The van der Waals surface area contributed by atoms with Gasteiger partial charge in [-0.2, -0.15) is 5.26 Å². The summed E-state index contributed by atoms with van der Waals surface area (Å²) in [5.41, 5.74) is 1.44. The van der Waals surface area contributed by atoms with Crippen molar-refractivity contribution in [3.05, 3.63) is 30.1 Å². The monoisotopic (exact) mass is 268 g/mol. The van der Waals surface area contributed by atoms with Crippen molar-refractivity contribution in [1.82, 2.24) is 9.97 Å². The Morgan fingerprint density at radius 3 is 2.75 bits per heavy atom. The summed E-state index contributed by atoms with van der Waals surface area (Å²) >= 11 is 0. The van der Waals surface area contributed by atoms with Gasteiger partial charge < -0.3 is 10.4 Å². The Morgan fingerprint density at radius 2 is 2.00 bits per heavy atom. The molecule has 2 N–H and O–H groups in total. The van der Waals surface area contributed by atoms with Gasteiger partial charge in [-0.3, -0.25) is 0 Å². The Labute approximate surface area is 117 Å². The van der Waals surface area contributed by atoms with Gasteiger partial charge in [-0.05, 0) is 43.9 Å². The first-order valence-electron chi connectivity index (χ1n) is 6.86. The van der Waals surface area contributed by atoms with Crippen molar-refractivity contribution in [1.29, 1.82) is 5.26 Å². The van der Waals surface area contributed by atoms with E-state index in [4.69, 9.17) is 5.26 Å². The standard InChI is InChI=1S/C15H16N4O/c16-8-10-1-6-14-13(7-10)15(18-9-17-14)19-11-2-4-12(20)5-3-11/h1,6-7,9,11-12,20H,2-5H2,(H,17,18,19). The average molecular weight is 268 g/mol. The van der Waals surface area contributed by atoms with Crippen LogP contribution in [0.25, 0.3) is 10.9 Å². The molecule has 0 unspecified atom stereocenters. The number of benzene rings is 1. The van der Waals surface area contributed by atoms with E-state index in [1.807, 2.05) is 12.1 Å². The quantitative estimate of drug-likeness (QED) is 0.872. The highest BCUT2D eigenvalue weighted by atomic mass is 16.3. The van der Waals surface area contributed by atoms with Gasteiger partial charge in [0.2, 0.25) is 0 Å². The van der Waals surface area contributed by atoms with Gasteiger partial charge >= 0.3 is 0 Å². The zero-order valence-corrected chi connectivity index (χ0v) is 11.1. The van der Waals surface area contributed by atoms with Crippen LogP contribution in [-0.4, -0.2) is 27.2 Å². The Hall–Kier alpha value is -2.19. The van der Waals surface area contributed by atoms with Crippen LogP contribution in [0.1, 0.15) is 31.2 Å². The molecular formula is C15H16N4O. The zero-order chi connectivity index (χ0) is 13.9. The molecule has 5 heteroatoms. The third-order valence-electron chi connectivity index (χ3n) is 3.80. The molecule has 1 aromatic carbocycles. The minimum absolute atomic E-state index is 0.166. The summed E-state index contributed by atoms with van der Waals surface area (Å²) in [6.45, 7) is 0. The lowest BCUT2D eigenvalue weighted by molar-refractivity contribution is 0.126. The molecule has 0 atom stereocenters. The smallest absolute Gasteiger partial charge is 0.137 e. The van der Waals surface area contributed by atoms with Gasteiger partial charge in [-0.1, -0.05) is 0 Å². The van der Waals surface area contributed by atoms with Crippen molar-refractivity contribution >= 4 is 16.7 Å². The molecule has 1 heterocycles. The average Bonchev–Trinajstić information content (AvgIpc) is 2.49. The SMILES string of the molecule is N#Cc1ccc2ncnc(NC3CCC(O)CC3)c2c1. The summed E-state index contributed by atoms with van der Waals surface area (Å²) in [6, 6.07) is 7.87. The van der Waals surface area contributed by atoms with Crippen LogP contribution in [0.2, 0.25) is 0 Å². The molecule has 102 valence electrons. The summed E-state index contributed by atoms with van der Waals surface area (Å²) in [4.78, 5) is 8.52. The molecule has 1 saturated carbocycles. The molecule has 1 aliphatic carbocycles. The molecule has 0 bridgehead atoms. The predicted octanol–water partition coefficient (Wildman–Crippen LogP) is 2.22. The van der Waals surface area contributed by atoms with Crippen LogP contribution in [0.5, 0.6) is 0 Å². The van der Waals surface area contributed by atoms with Crippen LogP contribution in [0, 0.1) is 11.3 Å². The fourth-order valence-electron chi connectivity index (χ4n) is 2.65. The molecule has 2 aromatic rings. The third-order valence-corrected chi connectivity index (χ3v) is 3.80. The van der Waals surface area contributed by atoms with Crippen LogP contribution < -0.4 is 5.32 Å². The summed E-state index contributed by atoms with van der Waals surface area (Å²) in [5.74, 6) is 0.772. The second-order valence-electron chi connectivity index (χ2n) is 5.22. The molecule has 0 aliphatic heterocycles. The van der Waals surface area contributed by atoms with Gasteiger partial charge in [0.25, 0.3) is 0 Å². The molecule has 0 saturated heterocycles.